The largest absolute Gasteiger partial charge is 0.313 e. The Morgan fingerprint density at radius 1 is 1.42 bits per heavy atom. The third-order valence-electron chi connectivity index (χ3n) is 3.76. The van der Waals surface area contributed by atoms with Crippen molar-refractivity contribution < 1.29 is 0 Å². The minimum absolute atomic E-state index is 0.677. The van der Waals surface area contributed by atoms with Crippen molar-refractivity contribution in [1.29, 1.82) is 0 Å². The minimum Gasteiger partial charge on any atom is -0.313 e. The second kappa shape index (κ2) is 7.88. The first-order chi connectivity index (χ1) is 9.28. The maximum absolute atomic E-state index is 6.07. The van der Waals surface area contributed by atoms with Crippen molar-refractivity contribution in [1.82, 2.24) is 10.2 Å². The lowest BCUT2D eigenvalue weighted by Crippen LogP contribution is -2.37. The van der Waals surface area contributed by atoms with Crippen LogP contribution in [0.1, 0.15) is 38.2 Å². The second-order valence-corrected chi connectivity index (χ2v) is 5.95. The average molecular weight is 281 g/mol. The van der Waals surface area contributed by atoms with Gasteiger partial charge in [-0.15, -0.1) is 0 Å². The van der Waals surface area contributed by atoms with Gasteiger partial charge in [0.05, 0.1) is 0 Å². The van der Waals surface area contributed by atoms with E-state index in [1.54, 1.807) is 0 Å². The van der Waals surface area contributed by atoms with Crippen LogP contribution in [0.25, 0.3) is 0 Å². The number of unbranched alkanes of at least 4 members (excludes halogenated alkanes) is 1. The van der Waals surface area contributed by atoms with Crippen molar-refractivity contribution >= 4 is 11.6 Å². The van der Waals surface area contributed by atoms with E-state index >= 15 is 0 Å². The highest BCUT2D eigenvalue weighted by atomic mass is 35.5. The lowest BCUT2D eigenvalue weighted by atomic mass is 10.1. The number of hydrogen-bond donors (Lipinski definition) is 1. The Morgan fingerprint density at radius 2 is 2.32 bits per heavy atom. The lowest BCUT2D eigenvalue weighted by Gasteiger charge is -2.25. The number of hydrogen-bond acceptors (Lipinski definition) is 2. The third-order valence-corrected chi connectivity index (χ3v) is 4.00. The molecule has 1 heterocycles. The Morgan fingerprint density at radius 3 is 3.00 bits per heavy atom. The average Bonchev–Trinajstić information content (AvgIpc) is 2.89. The zero-order chi connectivity index (χ0) is 13.5. The summed E-state index contributed by atoms with van der Waals surface area (Å²) < 4.78 is 0. The van der Waals surface area contributed by atoms with Crippen LogP contribution in [0.2, 0.25) is 5.02 Å². The zero-order valence-electron chi connectivity index (χ0n) is 11.9. The van der Waals surface area contributed by atoms with E-state index in [9.17, 15) is 0 Å². The molecule has 1 saturated heterocycles. The van der Waals surface area contributed by atoms with Crippen LogP contribution in [0.15, 0.2) is 24.3 Å². The number of rotatable bonds is 7. The fraction of sp³-hybridized carbons (Fsp3) is 0.625. The van der Waals surface area contributed by atoms with Crippen LogP contribution in [0.4, 0.5) is 0 Å². The Kier molecular flexibility index (Phi) is 6.15. The molecule has 106 valence electrons. The van der Waals surface area contributed by atoms with Gasteiger partial charge in [0, 0.05) is 24.2 Å². The summed E-state index contributed by atoms with van der Waals surface area (Å²) in [7, 11) is 0. The van der Waals surface area contributed by atoms with Crippen LogP contribution in [-0.4, -0.2) is 30.6 Å². The molecule has 3 heteroatoms. The second-order valence-electron chi connectivity index (χ2n) is 5.51. The molecule has 1 fully saturated rings. The molecule has 1 N–H and O–H groups in total. The van der Waals surface area contributed by atoms with Gasteiger partial charge in [-0.2, -0.15) is 0 Å². The van der Waals surface area contributed by atoms with Crippen LogP contribution >= 0.6 is 11.6 Å². The summed E-state index contributed by atoms with van der Waals surface area (Å²) in [5, 5.41) is 4.43. The highest BCUT2D eigenvalue weighted by Crippen LogP contribution is 2.15. The molecule has 1 aliphatic rings. The smallest absolute Gasteiger partial charge is 0.0409 e. The molecule has 0 bridgehead atoms. The molecule has 19 heavy (non-hydrogen) atoms. The Labute approximate surface area is 122 Å². The minimum atomic E-state index is 0.677. The van der Waals surface area contributed by atoms with Crippen LogP contribution in [0.5, 0.6) is 0 Å². The standard InChI is InChI=1S/C16H25ClN2/c1-2-3-10-19(13-16-8-5-9-18-16)12-14-6-4-7-15(17)11-14/h4,6-7,11,16,18H,2-3,5,8-10,12-13H2,1H3. The van der Waals surface area contributed by atoms with E-state index in [1.165, 1.54) is 44.3 Å². The predicted octanol–water partition coefficient (Wildman–Crippen LogP) is 3.69. The molecule has 1 aromatic carbocycles. The summed E-state index contributed by atoms with van der Waals surface area (Å²) in [5.41, 5.74) is 1.32. The molecule has 2 rings (SSSR count). The number of nitrogens with zero attached hydrogens (tertiary/aromatic N) is 1. The van der Waals surface area contributed by atoms with Gasteiger partial charge >= 0.3 is 0 Å². The van der Waals surface area contributed by atoms with Crippen molar-refractivity contribution in [2.75, 3.05) is 19.6 Å². The summed E-state index contributed by atoms with van der Waals surface area (Å²) >= 11 is 6.07. The van der Waals surface area contributed by atoms with Crippen molar-refractivity contribution in [3.05, 3.63) is 34.9 Å². The molecule has 1 atom stereocenters. The van der Waals surface area contributed by atoms with Crippen LogP contribution in [0.3, 0.4) is 0 Å². The molecule has 0 saturated carbocycles. The van der Waals surface area contributed by atoms with Gasteiger partial charge in [0.25, 0.3) is 0 Å². The third kappa shape index (κ3) is 5.13. The maximum Gasteiger partial charge on any atom is 0.0409 e. The molecule has 0 amide bonds. The van der Waals surface area contributed by atoms with E-state index in [1.807, 2.05) is 12.1 Å². The van der Waals surface area contributed by atoms with Gasteiger partial charge in [-0.3, -0.25) is 4.90 Å². The summed E-state index contributed by atoms with van der Waals surface area (Å²) in [4.78, 5) is 2.57. The summed E-state index contributed by atoms with van der Waals surface area (Å²) in [6, 6.07) is 8.93. The molecular formula is C16H25ClN2. The van der Waals surface area contributed by atoms with Crippen LogP contribution in [-0.2, 0) is 6.54 Å². The van der Waals surface area contributed by atoms with Gasteiger partial charge < -0.3 is 5.32 Å². The lowest BCUT2D eigenvalue weighted by molar-refractivity contribution is 0.237. The van der Waals surface area contributed by atoms with Gasteiger partial charge in [0.15, 0.2) is 0 Å². The van der Waals surface area contributed by atoms with E-state index in [4.69, 9.17) is 11.6 Å². The first-order valence-electron chi connectivity index (χ1n) is 7.48. The summed E-state index contributed by atoms with van der Waals surface area (Å²) in [6.07, 6.45) is 5.17. The van der Waals surface area contributed by atoms with E-state index in [-0.39, 0.29) is 0 Å². The molecule has 2 nitrogen and oxygen atoms in total. The molecule has 1 unspecified atom stereocenters. The molecule has 0 aromatic heterocycles. The fourth-order valence-corrected chi connectivity index (χ4v) is 2.95. The predicted molar refractivity (Wildman–Crippen MR) is 82.7 cm³/mol. The van der Waals surface area contributed by atoms with E-state index in [0.717, 1.165) is 18.1 Å². The number of halogens is 1. The van der Waals surface area contributed by atoms with E-state index < -0.39 is 0 Å². The van der Waals surface area contributed by atoms with Crippen LogP contribution < -0.4 is 5.32 Å². The molecule has 1 aromatic rings. The first kappa shape index (κ1) is 14.8. The van der Waals surface area contributed by atoms with Crippen molar-refractivity contribution in [3.63, 3.8) is 0 Å². The zero-order valence-corrected chi connectivity index (χ0v) is 12.6. The molecule has 0 radical (unpaired) electrons. The van der Waals surface area contributed by atoms with Crippen molar-refractivity contribution in [3.8, 4) is 0 Å². The topological polar surface area (TPSA) is 15.3 Å². The molecular weight excluding hydrogens is 256 g/mol. The Bertz CT molecular complexity index is 375. The van der Waals surface area contributed by atoms with Gasteiger partial charge in [-0.05, 0) is 50.0 Å². The quantitative estimate of drug-likeness (QED) is 0.819. The van der Waals surface area contributed by atoms with Gasteiger partial charge in [0.2, 0.25) is 0 Å². The SMILES string of the molecule is CCCCN(Cc1cccc(Cl)c1)CC1CCCN1. The Balaban J connectivity index is 1.92. The summed E-state index contributed by atoms with van der Waals surface area (Å²) in [6.45, 7) is 6.79. The van der Waals surface area contributed by atoms with Gasteiger partial charge in [0.1, 0.15) is 0 Å². The highest BCUT2D eigenvalue weighted by Gasteiger charge is 2.17. The van der Waals surface area contributed by atoms with Crippen molar-refractivity contribution in [2.45, 2.75) is 45.2 Å². The number of nitrogens with one attached hydrogen (secondary N) is 1. The monoisotopic (exact) mass is 280 g/mol. The Hall–Kier alpha value is -0.570. The van der Waals surface area contributed by atoms with Gasteiger partial charge in [-0.25, -0.2) is 0 Å². The number of benzene rings is 1. The normalized spacial score (nSPS) is 19.2. The summed E-state index contributed by atoms with van der Waals surface area (Å²) in [5.74, 6) is 0. The first-order valence-corrected chi connectivity index (χ1v) is 7.86. The van der Waals surface area contributed by atoms with E-state index in [0.29, 0.717) is 6.04 Å². The van der Waals surface area contributed by atoms with Gasteiger partial charge in [-0.1, -0.05) is 37.1 Å². The maximum atomic E-state index is 6.07. The molecule has 0 spiro atoms. The van der Waals surface area contributed by atoms with Crippen molar-refractivity contribution in [2.24, 2.45) is 0 Å². The molecule has 1 aliphatic heterocycles. The molecule has 0 aliphatic carbocycles. The fourth-order valence-electron chi connectivity index (χ4n) is 2.73. The van der Waals surface area contributed by atoms with E-state index in [2.05, 4.69) is 29.3 Å². The van der Waals surface area contributed by atoms with Crippen LogP contribution in [0, 0.1) is 0 Å². The highest BCUT2D eigenvalue weighted by molar-refractivity contribution is 6.30.